The molecule has 1 fully saturated rings. The summed E-state index contributed by atoms with van der Waals surface area (Å²) in [7, 11) is 2.04. The lowest BCUT2D eigenvalue weighted by molar-refractivity contribution is -0.138. The number of hydrogen-bond donors (Lipinski definition) is 3. The molecular formula is C14H27N3O3. The summed E-state index contributed by atoms with van der Waals surface area (Å²) in [6.07, 6.45) is 1.97. The van der Waals surface area contributed by atoms with Crippen molar-refractivity contribution in [2.45, 2.75) is 52.1 Å². The zero-order valence-electron chi connectivity index (χ0n) is 12.9. The molecule has 116 valence electrons. The Morgan fingerprint density at radius 2 is 2.05 bits per heavy atom. The smallest absolute Gasteiger partial charge is 0.315 e. The lowest BCUT2D eigenvalue weighted by Crippen LogP contribution is -2.54. The highest BCUT2D eigenvalue weighted by molar-refractivity contribution is 5.76. The average Bonchev–Trinajstić information content (AvgIpc) is 2.26. The second-order valence-corrected chi connectivity index (χ2v) is 6.74. The van der Waals surface area contributed by atoms with Gasteiger partial charge in [0.05, 0.1) is 6.42 Å². The highest BCUT2D eigenvalue weighted by Gasteiger charge is 2.29. The molecule has 0 spiro atoms. The average molecular weight is 285 g/mol. The van der Waals surface area contributed by atoms with Gasteiger partial charge in [0.2, 0.25) is 0 Å². The van der Waals surface area contributed by atoms with Crippen LogP contribution in [0, 0.1) is 5.41 Å². The number of urea groups is 1. The third kappa shape index (κ3) is 5.77. The van der Waals surface area contributed by atoms with Gasteiger partial charge in [0, 0.05) is 18.6 Å². The number of aliphatic carboxylic acids is 1. The summed E-state index contributed by atoms with van der Waals surface area (Å²) < 4.78 is 0. The van der Waals surface area contributed by atoms with E-state index in [1.54, 1.807) is 0 Å². The number of carbonyl (C=O) groups is 2. The molecule has 0 aromatic carbocycles. The molecule has 20 heavy (non-hydrogen) atoms. The maximum Gasteiger partial charge on any atom is 0.315 e. The van der Waals surface area contributed by atoms with Gasteiger partial charge >= 0.3 is 12.0 Å². The van der Waals surface area contributed by atoms with Crippen molar-refractivity contribution >= 4 is 12.0 Å². The summed E-state index contributed by atoms with van der Waals surface area (Å²) in [6, 6.07) is -0.521. The Hall–Kier alpha value is -1.30. The Labute approximate surface area is 120 Å². The molecule has 3 N–H and O–H groups in total. The molecule has 2 amide bonds. The van der Waals surface area contributed by atoms with E-state index in [1.807, 2.05) is 27.8 Å². The van der Waals surface area contributed by atoms with Crippen molar-refractivity contribution in [1.29, 1.82) is 0 Å². The molecule has 0 radical (unpaired) electrons. The third-order valence-electron chi connectivity index (χ3n) is 3.69. The normalized spacial score (nSPS) is 22.1. The van der Waals surface area contributed by atoms with E-state index in [0.717, 1.165) is 25.9 Å². The van der Waals surface area contributed by atoms with Crippen LogP contribution in [0.1, 0.15) is 40.0 Å². The van der Waals surface area contributed by atoms with Crippen molar-refractivity contribution in [2.75, 3.05) is 20.1 Å². The van der Waals surface area contributed by atoms with E-state index >= 15 is 0 Å². The molecule has 0 aromatic rings. The number of amides is 2. The van der Waals surface area contributed by atoms with E-state index in [1.165, 1.54) is 0 Å². The number of piperidine rings is 1. The molecule has 1 aliphatic rings. The first-order valence-electron chi connectivity index (χ1n) is 7.16. The Morgan fingerprint density at radius 3 is 2.55 bits per heavy atom. The van der Waals surface area contributed by atoms with Crippen LogP contribution >= 0.6 is 0 Å². The van der Waals surface area contributed by atoms with E-state index in [2.05, 4.69) is 15.5 Å². The van der Waals surface area contributed by atoms with Gasteiger partial charge in [-0.2, -0.15) is 0 Å². The van der Waals surface area contributed by atoms with E-state index in [-0.39, 0.29) is 30.0 Å². The predicted molar refractivity (Wildman–Crippen MR) is 77.7 cm³/mol. The lowest BCUT2D eigenvalue weighted by atomic mass is 9.85. The second-order valence-electron chi connectivity index (χ2n) is 6.74. The molecular weight excluding hydrogens is 258 g/mol. The van der Waals surface area contributed by atoms with Gasteiger partial charge in [-0.05, 0) is 31.8 Å². The van der Waals surface area contributed by atoms with Crippen LogP contribution in [0.5, 0.6) is 0 Å². The fourth-order valence-corrected chi connectivity index (χ4v) is 2.42. The van der Waals surface area contributed by atoms with E-state index in [0.29, 0.717) is 0 Å². The summed E-state index contributed by atoms with van der Waals surface area (Å²) >= 11 is 0. The van der Waals surface area contributed by atoms with Crippen molar-refractivity contribution in [3.05, 3.63) is 0 Å². The van der Waals surface area contributed by atoms with Crippen LogP contribution in [-0.4, -0.2) is 54.2 Å². The van der Waals surface area contributed by atoms with Gasteiger partial charge in [-0.25, -0.2) is 4.79 Å². The fourth-order valence-electron chi connectivity index (χ4n) is 2.42. The standard InChI is InChI=1S/C14H27N3O3/c1-14(2,3)11(8-12(18)19)16-13(20)15-10-6-5-7-17(4)9-10/h10-11H,5-9H2,1-4H3,(H,18,19)(H2,15,16,20). The molecule has 1 saturated heterocycles. The Bertz CT molecular complexity index is 352. The van der Waals surface area contributed by atoms with Crippen LogP contribution in [0.4, 0.5) is 4.79 Å². The lowest BCUT2D eigenvalue weighted by Gasteiger charge is -2.33. The largest absolute Gasteiger partial charge is 0.481 e. The maximum atomic E-state index is 12.0. The summed E-state index contributed by atoms with van der Waals surface area (Å²) in [5.41, 5.74) is -0.293. The second kappa shape index (κ2) is 6.92. The number of carboxylic acid groups (broad SMARTS) is 1. The summed E-state index contributed by atoms with van der Waals surface area (Å²) in [6.45, 7) is 7.68. The monoisotopic (exact) mass is 285 g/mol. The Morgan fingerprint density at radius 1 is 1.40 bits per heavy atom. The minimum absolute atomic E-state index is 0.0680. The molecule has 1 heterocycles. The summed E-state index contributed by atoms with van der Waals surface area (Å²) in [4.78, 5) is 25.1. The minimum Gasteiger partial charge on any atom is -0.481 e. The number of likely N-dealkylation sites (N-methyl/N-ethyl adjacent to an activating group) is 1. The molecule has 6 heteroatoms. The van der Waals surface area contributed by atoms with Gasteiger partial charge < -0.3 is 20.6 Å². The number of nitrogens with one attached hydrogen (secondary N) is 2. The van der Waals surface area contributed by atoms with Crippen LogP contribution in [0.2, 0.25) is 0 Å². The van der Waals surface area contributed by atoms with Crippen molar-refractivity contribution in [3.63, 3.8) is 0 Å². The van der Waals surface area contributed by atoms with E-state index in [9.17, 15) is 9.59 Å². The third-order valence-corrected chi connectivity index (χ3v) is 3.69. The molecule has 0 saturated carbocycles. The number of carboxylic acids is 1. The van der Waals surface area contributed by atoms with Gasteiger partial charge in [-0.15, -0.1) is 0 Å². The van der Waals surface area contributed by atoms with Gasteiger partial charge in [-0.3, -0.25) is 4.79 Å². The molecule has 1 rings (SSSR count). The SMILES string of the molecule is CN1CCCC(NC(=O)NC(CC(=O)O)C(C)(C)C)C1. The van der Waals surface area contributed by atoms with Crippen LogP contribution in [0.25, 0.3) is 0 Å². The van der Waals surface area contributed by atoms with E-state index < -0.39 is 5.97 Å². The van der Waals surface area contributed by atoms with Crippen molar-refractivity contribution in [2.24, 2.45) is 5.41 Å². The predicted octanol–water partition coefficient (Wildman–Crippen LogP) is 1.27. The maximum absolute atomic E-state index is 12.0. The zero-order chi connectivity index (χ0) is 15.3. The first-order valence-corrected chi connectivity index (χ1v) is 7.16. The van der Waals surface area contributed by atoms with Crippen molar-refractivity contribution in [1.82, 2.24) is 15.5 Å². The number of likely N-dealkylation sites (tertiary alicyclic amines) is 1. The van der Waals surface area contributed by atoms with Crippen LogP contribution in [0.3, 0.4) is 0 Å². The fraction of sp³-hybridized carbons (Fsp3) is 0.857. The zero-order valence-corrected chi connectivity index (χ0v) is 12.9. The van der Waals surface area contributed by atoms with Crippen LogP contribution in [0.15, 0.2) is 0 Å². The Balaban J connectivity index is 2.51. The number of hydrogen-bond acceptors (Lipinski definition) is 3. The number of nitrogens with zero attached hydrogens (tertiary/aromatic N) is 1. The first kappa shape index (κ1) is 16.8. The topological polar surface area (TPSA) is 81.7 Å². The molecule has 0 bridgehead atoms. The van der Waals surface area contributed by atoms with Crippen LogP contribution < -0.4 is 10.6 Å². The van der Waals surface area contributed by atoms with Gasteiger partial charge in [-0.1, -0.05) is 20.8 Å². The molecule has 0 aromatic heterocycles. The molecule has 2 unspecified atom stereocenters. The van der Waals surface area contributed by atoms with Gasteiger partial charge in [0.15, 0.2) is 0 Å². The number of rotatable bonds is 4. The van der Waals surface area contributed by atoms with Crippen LogP contribution in [-0.2, 0) is 4.79 Å². The molecule has 1 aliphatic heterocycles. The Kier molecular flexibility index (Phi) is 5.80. The minimum atomic E-state index is -0.900. The summed E-state index contributed by atoms with van der Waals surface area (Å²) in [5.74, 6) is -0.900. The molecule has 2 atom stereocenters. The highest BCUT2D eigenvalue weighted by atomic mass is 16.4. The highest BCUT2D eigenvalue weighted by Crippen LogP contribution is 2.21. The summed E-state index contributed by atoms with van der Waals surface area (Å²) in [5, 5.41) is 14.7. The van der Waals surface area contributed by atoms with Crippen molar-refractivity contribution in [3.8, 4) is 0 Å². The molecule has 6 nitrogen and oxygen atoms in total. The quantitative estimate of drug-likeness (QED) is 0.726. The number of carbonyl (C=O) groups excluding carboxylic acids is 1. The van der Waals surface area contributed by atoms with Crippen molar-refractivity contribution < 1.29 is 14.7 Å². The van der Waals surface area contributed by atoms with E-state index in [4.69, 9.17) is 5.11 Å². The first-order chi connectivity index (χ1) is 9.18. The van der Waals surface area contributed by atoms with Gasteiger partial charge in [0.1, 0.15) is 0 Å². The van der Waals surface area contributed by atoms with Gasteiger partial charge in [0.25, 0.3) is 0 Å². The molecule has 0 aliphatic carbocycles.